The molecule has 0 radical (unpaired) electrons. The minimum atomic E-state index is -1.18. The van der Waals surface area contributed by atoms with Crippen LogP contribution in [0.1, 0.15) is 90.0 Å². The standard InChI is InChI=1S/C31H44O7/c1-17-14-24(27(34)28(35)26(17)33)38-20-8-11-29(2)19(15-20)5-6-23-22(29)9-12-30(3)21(10-13-31(23,30)36)18-4-7-25(32)37-16-18/h4,7,15-17,20-24,26-28,33-36H,5-6,8-14H2,1-3H3/t17-,20+,21-,22?,23?,24?,26-,27+,28-,29+,30-,31+/m1/s1. The van der Waals surface area contributed by atoms with Gasteiger partial charge in [0.05, 0.1) is 30.2 Å². The van der Waals surface area contributed by atoms with Gasteiger partial charge in [0.2, 0.25) is 0 Å². The molecular formula is C31H44O7. The van der Waals surface area contributed by atoms with Crippen LogP contribution in [0.2, 0.25) is 0 Å². The zero-order valence-corrected chi connectivity index (χ0v) is 22.9. The van der Waals surface area contributed by atoms with E-state index in [1.807, 2.05) is 13.0 Å². The fraction of sp³-hybridized carbons (Fsp3) is 0.774. The highest BCUT2D eigenvalue weighted by Crippen LogP contribution is 2.70. The van der Waals surface area contributed by atoms with Crippen LogP contribution >= 0.6 is 0 Å². The maximum Gasteiger partial charge on any atom is 0.335 e. The lowest BCUT2D eigenvalue weighted by Crippen LogP contribution is -2.60. The normalized spacial score (nSPS) is 50.5. The Morgan fingerprint density at radius 3 is 2.47 bits per heavy atom. The van der Waals surface area contributed by atoms with Crippen LogP contribution in [0.5, 0.6) is 0 Å². The average Bonchev–Trinajstić information content (AvgIpc) is 3.18. The van der Waals surface area contributed by atoms with Gasteiger partial charge in [0.15, 0.2) is 0 Å². The fourth-order valence-corrected chi connectivity index (χ4v) is 9.64. The summed E-state index contributed by atoms with van der Waals surface area (Å²) in [5.41, 5.74) is 1.14. The third-order valence-corrected chi connectivity index (χ3v) is 12.0. The minimum Gasteiger partial charge on any atom is -0.431 e. The van der Waals surface area contributed by atoms with E-state index in [1.54, 1.807) is 6.26 Å². The van der Waals surface area contributed by atoms with Gasteiger partial charge in [-0.3, -0.25) is 0 Å². The van der Waals surface area contributed by atoms with Gasteiger partial charge >= 0.3 is 5.63 Å². The summed E-state index contributed by atoms with van der Waals surface area (Å²) in [6, 6.07) is 3.38. The Morgan fingerprint density at radius 2 is 1.74 bits per heavy atom. The van der Waals surface area contributed by atoms with Gasteiger partial charge in [0, 0.05) is 11.5 Å². The number of hydrogen-bond acceptors (Lipinski definition) is 7. The second kappa shape index (κ2) is 9.27. The van der Waals surface area contributed by atoms with Crippen molar-refractivity contribution in [1.29, 1.82) is 0 Å². The molecule has 0 saturated heterocycles. The quantitative estimate of drug-likeness (QED) is 0.442. The summed E-state index contributed by atoms with van der Waals surface area (Å²) in [5, 5.41) is 43.3. The zero-order chi connectivity index (χ0) is 27.0. The molecule has 210 valence electrons. The van der Waals surface area contributed by atoms with Crippen molar-refractivity contribution in [2.24, 2.45) is 28.6 Å². The molecule has 7 nitrogen and oxygen atoms in total. The van der Waals surface area contributed by atoms with E-state index in [4.69, 9.17) is 9.15 Å². The van der Waals surface area contributed by atoms with E-state index in [-0.39, 0.29) is 40.3 Å². The molecule has 0 aliphatic heterocycles. The van der Waals surface area contributed by atoms with Crippen LogP contribution in [0.4, 0.5) is 0 Å². The van der Waals surface area contributed by atoms with Crippen LogP contribution in [-0.4, -0.2) is 56.5 Å². The number of hydrogen-bond donors (Lipinski definition) is 4. The topological polar surface area (TPSA) is 120 Å². The van der Waals surface area contributed by atoms with Gasteiger partial charge in [-0.05, 0) is 98.5 Å². The molecule has 1 heterocycles. The molecule has 7 heteroatoms. The number of rotatable bonds is 3. The third kappa shape index (κ3) is 3.83. The van der Waals surface area contributed by atoms with Gasteiger partial charge < -0.3 is 29.6 Å². The van der Waals surface area contributed by atoms with Crippen molar-refractivity contribution in [3.8, 4) is 0 Å². The van der Waals surface area contributed by atoms with Crippen LogP contribution in [0.15, 0.2) is 39.3 Å². The van der Waals surface area contributed by atoms with E-state index in [1.165, 1.54) is 11.6 Å². The molecule has 5 aliphatic carbocycles. The Bertz CT molecular complexity index is 1120. The third-order valence-electron chi connectivity index (χ3n) is 12.0. The fourth-order valence-electron chi connectivity index (χ4n) is 9.64. The predicted octanol–water partition coefficient (Wildman–Crippen LogP) is 3.68. The SMILES string of the molecule is C[C@@H]1CC(O[C@@H]2C=C3CCC4C(CC[C@]5(C)[C@@H](c6ccc(=O)oc6)CC[C@]45O)[C@@]3(C)CC2)[C@H](O)[C@H](O)[C@@H]1O. The molecule has 4 fully saturated rings. The average molecular weight is 529 g/mol. The smallest absolute Gasteiger partial charge is 0.335 e. The Labute approximate surface area is 224 Å². The van der Waals surface area contributed by atoms with E-state index in [0.29, 0.717) is 12.3 Å². The first-order valence-corrected chi connectivity index (χ1v) is 14.7. The van der Waals surface area contributed by atoms with Gasteiger partial charge in [-0.1, -0.05) is 32.4 Å². The van der Waals surface area contributed by atoms with Gasteiger partial charge in [0.25, 0.3) is 0 Å². The highest BCUT2D eigenvalue weighted by atomic mass is 16.5. The summed E-state index contributed by atoms with van der Waals surface area (Å²) < 4.78 is 11.6. The zero-order valence-electron chi connectivity index (χ0n) is 22.9. The molecule has 12 atom stereocenters. The van der Waals surface area contributed by atoms with E-state index in [0.717, 1.165) is 56.9 Å². The second-order valence-electron chi connectivity index (χ2n) is 13.7. The van der Waals surface area contributed by atoms with Gasteiger partial charge in [-0.15, -0.1) is 0 Å². The molecule has 1 aromatic heterocycles. The molecule has 5 aliphatic rings. The molecule has 0 aromatic carbocycles. The first-order chi connectivity index (χ1) is 18.0. The van der Waals surface area contributed by atoms with Crippen LogP contribution in [0.3, 0.4) is 0 Å². The number of fused-ring (bicyclic) bond motifs is 5. The van der Waals surface area contributed by atoms with E-state index in [9.17, 15) is 25.2 Å². The van der Waals surface area contributed by atoms with Crippen molar-refractivity contribution < 1.29 is 29.6 Å². The van der Waals surface area contributed by atoms with E-state index >= 15 is 0 Å². The van der Waals surface area contributed by atoms with Crippen LogP contribution in [0, 0.1) is 28.6 Å². The van der Waals surface area contributed by atoms with Crippen molar-refractivity contribution in [3.63, 3.8) is 0 Å². The van der Waals surface area contributed by atoms with Crippen molar-refractivity contribution in [2.45, 2.75) is 121 Å². The molecule has 0 spiro atoms. The summed E-state index contributed by atoms with van der Waals surface area (Å²) in [4.78, 5) is 11.5. The van der Waals surface area contributed by atoms with Gasteiger partial charge in [0.1, 0.15) is 12.2 Å². The Morgan fingerprint density at radius 1 is 0.947 bits per heavy atom. The molecule has 1 aromatic rings. The van der Waals surface area contributed by atoms with Crippen molar-refractivity contribution in [3.05, 3.63) is 46.0 Å². The molecule has 38 heavy (non-hydrogen) atoms. The van der Waals surface area contributed by atoms with Crippen molar-refractivity contribution >= 4 is 0 Å². The molecule has 0 amide bonds. The second-order valence-corrected chi connectivity index (χ2v) is 13.7. The van der Waals surface area contributed by atoms with Gasteiger partial charge in [-0.25, -0.2) is 4.79 Å². The molecular weight excluding hydrogens is 484 g/mol. The molecule has 4 saturated carbocycles. The number of allylic oxidation sites excluding steroid dienone is 1. The van der Waals surface area contributed by atoms with E-state index in [2.05, 4.69) is 19.9 Å². The van der Waals surface area contributed by atoms with Crippen LogP contribution < -0.4 is 5.63 Å². The molecule has 0 bridgehead atoms. The number of ether oxygens (including phenoxy) is 1. The van der Waals surface area contributed by atoms with Crippen molar-refractivity contribution in [2.75, 3.05) is 0 Å². The lowest BCUT2D eigenvalue weighted by molar-refractivity contribution is -0.187. The van der Waals surface area contributed by atoms with Gasteiger partial charge in [-0.2, -0.15) is 0 Å². The minimum absolute atomic E-state index is 0.0195. The van der Waals surface area contributed by atoms with Crippen molar-refractivity contribution in [1.82, 2.24) is 0 Å². The predicted molar refractivity (Wildman–Crippen MR) is 141 cm³/mol. The number of aliphatic hydroxyl groups is 4. The monoisotopic (exact) mass is 528 g/mol. The summed E-state index contributed by atoms with van der Waals surface area (Å²) in [6.07, 6.45) is 8.04. The van der Waals surface area contributed by atoms with Crippen LogP contribution in [0.25, 0.3) is 0 Å². The maximum absolute atomic E-state index is 12.4. The summed E-state index contributed by atoms with van der Waals surface area (Å²) in [5.74, 6) is 0.699. The Balaban J connectivity index is 1.21. The molecule has 6 rings (SSSR count). The lowest BCUT2D eigenvalue weighted by atomic mass is 9.45. The maximum atomic E-state index is 12.4. The largest absolute Gasteiger partial charge is 0.431 e. The molecule has 3 unspecified atom stereocenters. The summed E-state index contributed by atoms with van der Waals surface area (Å²) in [6.45, 7) is 6.52. The summed E-state index contributed by atoms with van der Waals surface area (Å²) in [7, 11) is 0. The highest BCUT2D eigenvalue weighted by Gasteiger charge is 2.66. The highest BCUT2D eigenvalue weighted by molar-refractivity contribution is 5.31. The number of aliphatic hydroxyl groups excluding tert-OH is 3. The Kier molecular flexibility index (Phi) is 6.51. The first kappa shape index (κ1) is 26.7. The first-order valence-electron chi connectivity index (χ1n) is 14.7. The van der Waals surface area contributed by atoms with Crippen LogP contribution in [-0.2, 0) is 4.74 Å². The lowest BCUT2D eigenvalue weighted by Gasteiger charge is -2.62. The summed E-state index contributed by atoms with van der Waals surface area (Å²) >= 11 is 0. The molecule has 4 N–H and O–H groups in total. The Hall–Kier alpha value is -1.51. The van der Waals surface area contributed by atoms with E-state index < -0.39 is 30.0 Å².